The molecule has 0 bridgehead atoms. The van der Waals surface area contributed by atoms with Gasteiger partial charge in [-0.3, -0.25) is 4.98 Å². The third kappa shape index (κ3) is 3.14. The van der Waals surface area contributed by atoms with E-state index in [1.54, 1.807) is 19.3 Å². The van der Waals surface area contributed by atoms with E-state index >= 15 is 0 Å². The molecule has 0 radical (unpaired) electrons. The van der Waals surface area contributed by atoms with E-state index in [0.29, 0.717) is 6.61 Å². The number of rotatable bonds is 4. The molecule has 4 nitrogen and oxygen atoms in total. The van der Waals surface area contributed by atoms with Crippen LogP contribution in [0.2, 0.25) is 0 Å². The molecule has 1 heterocycles. The fourth-order valence-corrected chi connectivity index (χ4v) is 0.934. The van der Waals surface area contributed by atoms with Crippen molar-refractivity contribution in [3.05, 3.63) is 30.1 Å². The van der Waals surface area contributed by atoms with Crippen LogP contribution in [0.4, 0.5) is 0 Å². The first kappa shape index (κ1) is 10.7. The largest absolute Gasteiger partial charge is 0.467 e. The van der Waals surface area contributed by atoms with Gasteiger partial charge in [0.25, 0.3) is 0 Å². The zero-order chi connectivity index (χ0) is 10.4. The normalized spacial score (nSPS) is 12.1. The molecule has 0 N–H and O–H groups in total. The molecule has 76 valence electrons. The Kier molecular flexibility index (Phi) is 4.07. The summed E-state index contributed by atoms with van der Waals surface area (Å²) in [6, 6.07) is 3.67. The number of esters is 1. The number of hydrogen-bond donors (Lipinski definition) is 0. The van der Waals surface area contributed by atoms with Crippen molar-refractivity contribution in [3.63, 3.8) is 0 Å². The van der Waals surface area contributed by atoms with Crippen LogP contribution in [0.5, 0.6) is 0 Å². The van der Waals surface area contributed by atoms with Crippen LogP contribution >= 0.6 is 0 Å². The van der Waals surface area contributed by atoms with E-state index in [1.807, 2.05) is 12.1 Å². The smallest absolute Gasteiger partial charge is 0.334 e. The summed E-state index contributed by atoms with van der Waals surface area (Å²) in [6.45, 7) is 2.05. The Bertz CT molecular complexity index is 287. The summed E-state index contributed by atoms with van der Waals surface area (Å²) < 4.78 is 9.80. The summed E-state index contributed by atoms with van der Waals surface area (Å²) in [7, 11) is 1.34. The number of carbonyl (C=O) groups is 1. The molecule has 4 heteroatoms. The van der Waals surface area contributed by atoms with Crippen LogP contribution in [-0.4, -0.2) is 24.2 Å². The van der Waals surface area contributed by atoms with Crippen molar-refractivity contribution in [3.8, 4) is 0 Å². The highest BCUT2D eigenvalue weighted by molar-refractivity contribution is 5.73. The Morgan fingerprint density at radius 3 is 2.71 bits per heavy atom. The van der Waals surface area contributed by atoms with E-state index in [0.717, 1.165) is 5.56 Å². The molecule has 1 atom stereocenters. The van der Waals surface area contributed by atoms with Gasteiger partial charge < -0.3 is 9.47 Å². The van der Waals surface area contributed by atoms with Crippen LogP contribution < -0.4 is 0 Å². The van der Waals surface area contributed by atoms with Crippen molar-refractivity contribution in [1.82, 2.24) is 4.98 Å². The van der Waals surface area contributed by atoms with Gasteiger partial charge in [-0.25, -0.2) is 4.79 Å². The summed E-state index contributed by atoms with van der Waals surface area (Å²) in [5, 5.41) is 0. The average Bonchev–Trinajstić information content (AvgIpc) is 2.26. The molecule has 0 aromatic carbocycles. The van der Waals surface area contributed by atoms with E-state index in [1.165, 1.54) is 7.11 Å². The minimum Gasteiger partial charge on any atom is -0.467 e. The molecule has 0 amide bonds. The maximum Gasteiger partial charge on any atom is 0.334 e. The highest BCUT2D eigenvalue weighted by Crippen LogP contribution is 2.02. The molecule has 0 unspecified atom stereocenters. The fourth-order valence-electron chi connectivity index (χ4n) is 0.934. The third-order valence-electron chi connectivity index (χ3n) is 1.78. The van der Waals surface area contributed by atoms with Crippen molar-refractivity contribution >= 4 is 5.97 Å². The zero-order valence-electron chi connectivity index (χ0n) is 8.27. The Hall–Kier alpha value is -1.42. The average molecular weight is 195 g/mol. The number of methoxy groups -OCH3 is 1. The van der Waals surface area contributed by atoms with Crippen LogP contribution in [0.25, 0.3) is 0 Å². The number of aromatic nitrogens is 1. The Morgan fingerprint density at radius 1 is 1.50 bits per heavy atom. The predicted octanol–water partition coefficient (Wildman–Crippen LogP) is 1.16. The van der Waals surface area contributed by atoms with Crippen molar-refractivity contribution in [2.45, 2.75) is 19.6 Å². The van der Waals surface area contributed by atoms with Gasteiger partial charge in [-0.15, -0.1) is 0 Å². The molecule has 1 rings (SSSR count). The van der Waals surface area contributed by atoms with Crippen LogP contribution in [0.3, 0.4) is 0 Å². The fraction of sp³-hybridized carbons (Fsp3) is 0.400. The van der Waals surface area contributed by atoms with Crippen molar-refractivity contribution in [2.75, 3.05) is 7.11 Å². The van der Waals surface area contributed by atoms with Crippen molar-refractivity contribution in [2.24, 2.45) is 0 Å². The maximum absolute atomic E-state index is 11.0. The molecule has 1 aromatic heterocycles. The lowest BCUT2D eigenvalue weighted by Crippen LogP contribution is -2.21. The van der Waals surface area contributed by atoms with Gasteiger partial charge in [-0.1, -0.05) is 0 Å². The number of hydrogen-bond acceptors (Lipinski definition) is 4. The molecule has 0 saturated carbocycles. The molecule has 0 aliphatic heterocycles. The van der Waals surface area contributed by atoms with E-state index in [4.69, 9.17) is 4.74 Å². The molecule has 0 aliphatic rings. The van der Waals surface area contributed by atoms with Gasteiger partial charge in [0, 0.05) is 12.4 Å². The first-order chi connectivity index (χ1) is 6.74. The second-order valence-corrected chi connectivity index (χ2v) is 2.83. The minimum atomic E-state index is -0.534. The number of carbonyl (C=O) groups excluding carboxylic acids is 1. The molecular weight excluding hydrogens is 182 g/mol. The Balaban J connectivity index is 2.38. The summed E-state index contributed by atoms with van der Waals surface area (Å²) in [5.74, 6) is -0.362. The van der Waals surface area contributed by atoms with E-state index in [2.05, 4.69) is 9.72 Å². The van der Waals surface area contributed by atoms with Crippen LogP contribution in [0.1, 0.15) is 12.5 Å². The third-order valence-corrected chi connectivity index (χ3v) is 1.78. The molecule has 0 saturated heterocycles. The lowest BCUT2D eigenvalue weighted by molar-refractivity contribution is -0.153. The maximum atomic E-state index is 11.0. The molecule has 0 spiro atoms. The summed E-state index contributed by atoms with van der Waals surface area (Å²) in [5.41, 5.74) is 0.982. The van der Waals surface area contributed by atoms with Gasteiger partial charge in [0.2, 0.25) is 0 Å². The first-order valence-corrected chi connectivity index (χ1v) is 4.32. The number of ether oxygens (including phenoxy) is 2. The van der Waals surface area contributed by atoms with Crippen molar-refractivity contribution in [1.29, 1.82) is 0 Å². The van der Waals surface area contributed by atoms with Gasteiger partial charge in [0.15, 0.2) is 6.10 Å². The lowest BCUT2D eigenvalue weighted by Gasteiger charge is -2.10. The summed E-state index contributed by atoms with van der Waals surface area (Å²) in [6.07, 6.45) is 2.83. The van der Waals surface area contributed by atoms with Gasteiger partial charge in [-0.2, -0.15) is 0 Å². The summed E-state index contributed by atoms with van der Waals surface area (Å²) >= 11 is 0. The lowest BCUT2D eigenvalue weighted by atomic mass is 10.3. The number of pyridine rings is 1. The predicted molar refractivity (Wildman–Crippen MR) is 50.5 cm³/mol. The van der Waals surface area contributed by atoms with Crippen molar-refractivity contribution < 1.29 is 14.3 Å². The first-order valence-electron chi connectivity index (χ1n) is 4.32. The van der Waals surface area contributed by atoms with Crippen LogP contribution in [0.15, 0.2) is 24.5 Å². The van der Waals surface area contributed by atoms with Crippen LogP contribution in [0, 0.1) is 0 Å². The monoisotopic (exact) mass is 195 g/mol. The van der Waals surface area contributed by atoms with E-state index in [-0.39, 0.29) is 5.97 Å². The van der Waals surface area contributed by atoms with E-state index < -0.39 is 6.10 Å². The second kappa shape index (κ2) is 5.34. The Labute approximate surface area is 82.9 Å². The molecule has 14 heavy (non-hydrogen) atoms. The molecule has 0 fully saturated rings. The van der Waals surface area contributed by atoms with Gasteiger partial charge in [0.1, 0.15) is 0 Å². The highest BCUT2D eigenvalue weighted by Gasteiger charge is 2.12. The number of nitrogens with zero attached hydrogens (tertiary/aromatic N) is 1. The summed E-state index contributed by atoms with van der Waals surface area (Å²) in [4.78, 5) is 14.9. The highest BCUT2D eigenvalue weighted by atomic mass is 16.6. The molecule has 0 aliphatic carbocycles. The van der Waals surface area contributed by atoms with Gasteiger partial charge in [-0.05, 0) is 24.6 Å². The van der Waals surface area contributed by atoms with Gasteiger partial charge in [0.05, 0.1) is 13.7 Å². The molecular formula is C10H13NO3. The SMILES string of the molecule is COC(=O)[C@H](C)OCc1ccncc1. The molecule has 1 aromatic rings. The van der Waals surface area contributed by atoms with E-state index in [9.17, 15) is 4.79 Å². The minimum absolute atomic E-state index is 0.362. The van der Waals surface area contributed by atoms with Crippen LogP contribution in [-0.2, 0) is 20.9 Å². The van der Waals surface area contributed by atoms with Gasteiger partial charge >= 0.3 is 5.97 Å². The topological polar surface area (TPSA) is 48.4 Å². The zero-order valence-corrected chi connectivity index (χ0v) is 8.27. The standard InChI is InChI=1S/C10H13NO3/c1-8(10(12)13-2)14-7-9-3-5-11-6-4-9/h3-6,8H,7H2,1-2H3/t8-/m0/s1. The quantitative estimate of drug-likeness (QED) is 0.676. The second-order valence-electron chi connectivity index (χ2n) is 2.83. The Morgan fingerprint density at radius 2 is 2.14 bits per heavy atom.